The smallest absolute Gasteiger partial charge is 0.179 e. The van der Waals surface area contributed by atoms with Crippen molar-refractivity contribution in [1.82, 2.24) is 9.13 Å². The molecule has 0 bridgehead atoms. The highest BCUT2D eigenvalue weighted by atomic mass is 28.3. The molecule has 0 radical (unpaired) electrons. The Balaban J connectivity index is 1.28. The van der Waals surface area contributed by atoms with Crippen LogP contribution in [0.25, 0.3) is 77.2 Å². The van der Waals surface area contributed by atoms with Crippen LogP contribution >= 0.6 is 0 Å². The van der Waals surface area contributed by atoms with Crippen LogP contribution in [0.4, 0.5) is 0 Å². The molecule has 63 heavy (non-hydrogen) atoms. The van der Waals surface area contributed by atoms with Crippen LogP contribution < -0.4 is 20.7 Å². The van der Waals surface area contributed by atoms with E-state index in [9.17, 15) is 0 Å². The maximum Gasteiger partial charge on any atom is 0.179 e. The van der Waals surface area contributed by atoms with Gasteiger partial charge in [-0.25, -0.2) is 0 Å². The lowest BCUT2D eigenvalue weighted by atomic mass is 9.99. The molecular weight excluding hydrogens is 777 g/mol. The van der Waals surface area contributed by atoms with Crippen molar-refractivity contribution in [3.05, 3.63) is 255 Å². The molecule has 12 aromatic rings. The SMILES string of the molecule is c1ccc(-c2ccccc2-n2c3ccccc3c3ccc(-c4ccccc4)c(-n4c5ccccc5c5ccc([Si](c6ccccc6)(c6ccccc6)c6ccccc6)cc54)c32)cc1. The van der Waals surface area contributed by atoms with Gasteiger partial charge in [0.1, 0.15) is 0 Å². The van der Waals surface area contributed by atoms with E-state index in [0.717, 1.165) is 11.4 Å². The Hall–Kier alpha value is -7.98. The molecule has 3 heteroatoms. The lowest BCUT2D eigenvalue weighted by Gasteiger charge is -2.34. The number of aromatic nitrogens is 2. The molecule has 296 valence electrons. The summed E-state index contributed by atoms with van der Waals surface area (Å²) in [5, 5.41) is 10.3. The summed E-state index contributed by atoms with van der Waals surface area (Å²) >= 11 is 0. The molecule has 0 fully saturated rings. The summed E-state index contributed by atoms with van der Waals surface area (Å²) in [4.78, 5) is 0. The molecule has 0 aliphatic heterocycles. The van der Waals surface area contributed by atoms with Crippen LogP contribution in [0.5, 0.6) is 0 Å². The molecule has 0 atom stereocenters. The van der Waals surface area contributed by atoms with E-state index in [4.69, 9.17) is 0 Å². The Morgan fingerprint density at radius 3 is 1.29 bits per heavy atom. The zero-order valence-corrected chi connectivity index (χ0v) is 35.6. The maximum absolute atomic E-state index is 2.87. The first-order valence-corrected chi connectivity index (χ1v) is 23.8. The Kier molecular flexibility index (Phi) is 8.87. The Morgan fingerprint density at radius 2 is 0.698 bits per heavy atom. The number of hydrogen-bond acceptors (Lipinski definition) is 0. The van der Waals surface area contributed by atoms with Gasteiger partial charge in [0.05, 0.1) is 33.4 Å². The van der Waals surface area contributed by atoms with Crippen LogP contribution in [0.2, 0.25) is 0 Å². The van der Waals surface area contributed by atoms with E-state index in [1.165, 1.54) is 86.6 Å². The van der Waals surface area contributed by atoms with Crippen LogP contribution in [0.1, 0.15) is 0 Å². The van der Waals surface area contributed by atoms with Gasteiger partial charge in [-0.3, -0.25) is 0 Å². The number of para-hydroxylation sites is 3. The van der Waals surface area contributed by atoms with Crippen LogP contribution in [-0.4, -0.2) is 17.2 Å². The molecule has 0 spiro atoms. The van der Waals surface area contributed by atoms with Gasteiger partial charge >= 0.3 is 0 Å². The minimum atomic E-state index is -2.87. The molecule has 0 unspecified atom stereocenters. The minimum absolute atomic E-state index is 1.14. The molecule has 2 nitrogen and oxygen atoms in total. The summed E-state index contributed by atoms with van der Waals surface area (Å²) in [6, 6.07) is 94.4. The van der Waals surface area contributed by atoms with Crippen molar-refractivity contribution in [2.45, 2.75) is 0 Å². The van der Waals surface area contributed by atoms with E-state index in [-0.39, 0.29) is 0 Å². The first-order valence-electron chi connectivity index (χ1n) is 21.8. The van der Waals surface area contributed by atoms with Crippen LogP contribution in [0, 0.1) is 0 Å². The second kappa shape index (κ2) is 15.2. The van der Waals surface area contributed by atoms with E-state index >= 15 is 0 Å². The van der Waals surface area contributed by atoms with Gasteiger partial charge in [0.25, 0.3) is 0 Å². The molecular formula is C60H42N2Si. The van der Waals surface area contributed by atoms with Crippen molar-refractivity contribution < 1.29 is 0 Å². The third-order valence-electron chi connectivity index (χ3n) is 13.1. The maximum atomic E-state index is 2.60. The average molecular weight is 819 g/mol. The summed E-state index contributed by atoms with van der Waals surface area (Å²) < 4.78 is 5.13. The number of hydrogen-bond donors (Lipinski definition) is 0. The summed E-state index contributed by atoms with van der Waals surface area (Å²) in [7, 11) is -2.87. The number of rotatable bonds is 8. The predicted octanol–water partition coefficient (Wildman–Crippen LogP) is 12.6. The minimum Gasteiger partial charge on any atom is -0.307 e. The van der Waals surface area contributed by atoms with Crippen LogP contribution in [0.3, 0.4) is 0 Å². The summed E-state index contributed by atoms with van der Waals surface area (Å²) in [6.45, 7) is 0. The zero-order valence-electron chi connectivity index (χ0n) is 34.6. The summed E-state index contributed by atoms with van der Waals surface area (Å²) in [5.41, 5.74) is 11.7. The monoisotopic (exact) mass is 818 g/mol. The third-order valence-corrected chi connectivity index (χ3v) is 17.9. The molecule has 12 rings (SSSR count). The van der Waals surface area contributed by atoms with E-state index in [2.05, 4.69) is 264 Å². The number of nitrogens with zero attached hydrogens (tertiary/aromatic N) is 2. The molecule has 0 aliphatic carbocycles. The van der Waals surface area contributed by atoms with Gasteiger partial charge < -0.3 is 9.13 Å². The normalized spacial score (nSPS) is 11.8. The van der Waals surface area contributed by atoms with Crippen molar-refractivity contribution >= 4 is 72.4 Å². The van der Waals surface area contributed by atoms with Gasteiger partial charge in [-0.15, -0.1) is 0 Å². The van der Waals surface area contributed by atoms with Gasteiger partial charge in [-0.2, -0.15) is 0 Å². The molecule has 0 aliphatic rings. The lowest BCUT2D eigenvalue weighted by molar-refractivity contribution is 1.13. The van der Waals surface area contributed by atoms with Crippen molar-refractivity contribution in [3.63, 3.8) is 0 Å². The topological polar surface area (TPSA) is 9.86 Å². The fraction of sp³-hybridized carbons (Fsp3) is 0. The van der Waals surface area contributed by atoms with Gasteiger partial charge in [-0.1, -0.05) is 231 Å². The molecule has 0 saturated heterocycles. The average Bonchev–Trinajstić information content (AvgIpc) is 3.88. The van der Waals surface area contributed by atoms with E-state index in [0.29, 0.717) is 0 Å². The lowest BCUT2D eigenvalue weighted by Crippen LogP contribution is -2.74. The van der Waals surface area contributed by atoms with Gasteiger partial charge in [0.15, 0.2) is 8.07 Å². The quantitative estimate of drug-likeness (QED) is 0.107. The zero-order chi connectivity index (χ0) is 41.7. The fourth-order valence-corrected chi connectivity index (χ4v) is 15.2. The van der Waals surface area contributed by atoms with Crippen molar-refractivity contribution in [2.24, 2.45) is 0 Å². The largest absolute Gasteiger partial charge is 0.307 e. The molecule has 2 aromatic heterocycles. The summed E-state index contributed by atoms with van der Waals surface area (Å²) in [6.07, 6.45) is 0. The Morgan fingerprint density at radius 1 is 0.270 bits per heavy atom. The third kappa shape index (κ3) is 5.78. The highest BCUT2D eigenvalue weighted by Crippen LogP contribution is 2.45. The van der Waals surface area contributed by atoms with E-state index in [1.807, 2.05) is 0 Å². The highest BCUT2D eigenvalue weighted by molar-refractivity contribution is 7.20. The molecule has 0 N–H and O–H groups in total. The van der Waals surface area contributed by atoms with E-state index in [1.54, 1.807) is 0 Å². The summed E-state index contributed by atoms with van der Waals surface area (Å²) in [5.74, 6) is 0. The molecule has 10 aromatic carbocycles. The predicted molar refractivity (Wildman–Crippen MR) is 270 cm³/mol. The molecule has 0 amide bonds. The first-order chi connectivity index (χ1) is 31.3. The van der Waals surface area contributed by atoms with Gasteiger partial charge in [0.2, 0.25) is 0 Å². The van der Waals surface area contributed by atoms with Crippen LogP contribution in [-0.2, 0) is 0 Å². The van der Waals surface area contributed by atoms with E-state index < -0.39 is 8.07 Å². The van der Waals surface area contributed by atoms with Gasteiger partial charge in [-0.05, 0) is 56.1 Å². The van der Waals surface area contributed by atoms with Gasteiger partial charge in [0, 0.05) is 32.7 Å². The molecule has 2 heterocycles. The fourth-order valence-electron chi connectivity index (χ4n) is 10.4. The van der Waals surface area contributed by atoms with Crippen molar-refractivity contribution in [2.75, 3.05) is 0 Å². The van der Waals surface area contributed by atoms with Crippen LogP contribution in [0.15, 0.2) is 255 Å². The number of benzene rings is 10. The molecule has 0 saturated carbocycles. The van der Waals surface area contributed by atoms with Crippen molar-refractivity contribution in [1.29, 1.82) is 0 Å². The second-order valence-electron chi connectivity index (χ2n) is 16.4. The standard InChI is InChI=1S/C60H42N2Si/c1-6-22-43(23-7-1)49-32-16-19-35-55(49)61-57-37-21-18-34-52(57)54-41-40-50(44-24-8-2-9-25-44)59(60(54)61)62-56-36-20-17-33-51(56)53-39-38-48(42-58(53)62)63(45-26-10-3-11-27-45,46-28-12-4-13-29-46)47-30-14-5-15-31-47/h1-42H. The highest BCUT2D eigenvalue weighted by Gasteiger charge is 2.41. The Labute approximate surface area is 368 Å². The Bertz CT molecular complexity index is 3500. The number of fused-ring (bicyclic) bond motifs is 6. The van der Waals surface area contributed by atoms with Crippen molar-refractivity contribution in [3.8, 4) is 33.6 Å². The second-order valence-corrected chi connectivity index (χ2v) is 20.2. The first kappa shape index (κ1) is 36.8.